The molecule has 6 heteroatoms. The molecule has 0 amide bonds. The molecule has 6 nitrogen and oxygen atoms in total. The minimum Gasteiger partial charge on any atom is -0.497 e. The van der Waals surface area contributed by atoms with Crippen molar-refractivity contribution in [2.45, 2.75) is 19.6 Å². The summed E-state index contributed by atoms with van der Waals surface area (Å²) >= 11 is 0. The average molecular weight is 417 g/mol. The largest absolute Gasteiger partial charge is 0.497 e. The van der Waals surface area contributed by atoms with Gasteiger partial charge in [0.1, 0.15) is 23.7 Å². The van der Waals surface area contributed by atoms with Gasteiger partial charge in [-0.3, -0.25) is 4.79 Å². The Morgan fingerprint density at radius 2 is 1.94 bits per heavy atom. The summed E-state index contributed by atoms with van der Waals surface area (Å²) in [5.41, 5.74) is 11.1. The van der Waals surface area contributed by atoms with Crippen molar-refractivity contribution in [3.8, 4) is 22.6 Å². The second-order valence-corrected chi connectivity index (χ2v) is 7.22. The van der Waals surface area contributed by atoms with E-state index in [-0.39, 0.29) is 13.0 Å². The summed E-state index contributed by atoms with van der Waals surface area (Å²) < 4.78 is 17.0. The van der Waals surface area contributed by atoms with E-state index in [1.54, 1.807) is 31.6 Å². The number of aliphatic carboxylic acids is 1. The quantitative estimate of drug-likeness (QED) is 0.429. The van der Waals surface area contributed by atoms with Gasteiger partial charge < -0.3 is 24.7 Å². The SMILES string of the molecule is COc1ccc(CC(=O)O)c(OCc2cc(-c3cccc(CN)c3)c3occc3c2)c1. The first kappa shape index (κ1) is 20.5. The maximum atomic E-state index is 11.2. The third-order valence-corrected chi connectivity index (χ3v) is 5.09. The first-order valence-corrected chi connectivity index (χ1v) is 9.88. The number of benzene rings is 3. The first-order chi connectivity index (χ1) is 15.1. The summed E-state index contributed by atoms with van der Waals surface area (Å²) in [4.78, 5) is 11.2. The van der Waals surface area contributed by atoms with Gasteiger partial charge in [0.05, 0.1) is 19.8 Å². The van der Waals surface area contributed by atoms with Crippen LogP contribution in [0.15, 0.2) is 71.3 Å². The summed E-state index contributed by atoms with van der Waals surface area (Å²) in [7, 11) is 1.56. The lowest BCUT2D eigenvalue weighted by atomic mass is 9.99. The number of fused-ring (bicyclic) bond motifs is 1. The van der Waals surface area contributed by atoms with E-state index < -0.39 is 5.97 Å². The van der Waals surface area contributed by atoms with E-state index in [9.17, 15) is 9.90 Å². The molecular weight excluding hydrogens is 394 g/mol. The van der Waals surface area contributed by atoms with Crippen molar-refractivity contribution >= 4 is 16.9 Å². The predicted molar refractivity (Wildman–Crippen MR) is 118 cm³/mol. The fourth-order valence-electron chi connectivity index (χ4n) is 3.57. The summed E-state index contributed by atoms with van der Waals surface area (Å²) in [6.07, 6.45) is 1.54. The molecule has 0 aliphatic heterocycles. The summed E-state index contributed by atoms with van der Waals surface area (Å²) in [5.74, 6) is 0.173. The van der Waals surface area contributed by atoms with Gasteiger partial charge in [0.25, 0.3) is 0 Å². The molecule has 31 heavy (non-hydrogen) atoms. The van der Waals surface area contributed by atoms with E-state index in [1.165, 1.54) is 0 Å². The number of hydrogen-bond donors (Lipinski definition) is 2. The third-order valence-electron chi connectivity index (χ3n) is 5.09. The van der Waals surface area contributed by atoms with Crippen LogP contribution in [0.25, 0.3) is 22.1 Å². The molecule has 158 valence electrons. The van der Waals surface area contributed by atoms with E-state index in [1.807, 2.05) is 36.4 Å². The van der Waals surface area contributed by atoms with Gasteiger partial charge in [0, 0.05) is 29.1 Å². The Hall–Kier alpha value is -3.77. The van der Waals surface area contributed by atoms with Gasteiger partial charge >= 0.3 is 5.97 Å². The highest BCUT2D eigenvalue weighted by Gasteiger charge is 2.13. The van der Waals surface area contributed by atoms with Gasteiger partial charge in [-0.15, -0.1) is 0 Å². The Bertz CT molecular complexity index is 1230. The van der Waals surface area contributed by atoms with Crippen LogP contribution in [0, 0.1) is 0 Å². The van der Waals surface area contributed by atoms with E-state index >= 15 is 0 Å². The molecule has 1 aromatic heterocycles. The van der Waals surface area contributed by atoms with Crippen LogP contribution in [0.2, 0.25) is 0 Å². The molecule has 0 radical (unpaired) electrons. The molecule has 0 saturated carbocycles. The van der Waals surface area contributed by atoms with Crippen LogP contribution in [0.3, 0.4) is 0 Å². The van der Waals surface area contributed by atoms with Crippen LogP contribution < -0.4 is 15.2 Å². The Morgan fingerprint density at radius 1 is 1.06 bits per heavy atom. The summed E-state index contributed by atoms with van der Waals surface area (Å²) in [6.45, 7) is 0.727. The molecule has 0 spiro atoms. The Morgan fingerprint density at radius 3 is 2.71 bits per heavy atom. The third kappa shape index (κ3) is 4.54. The van der Waals surface area contributed by atoms with Crippen LogP contribution in [0.1, 0.15) is 16.7 Å². The van der Waals surface area contributed by atoms with Gasteiger partial charge in [0.15, 0.2) is 0 Å². The standard InChI is InChI=1S/C25H23NO5/c1-29-21-6-5-19(12-24(27)28)23(13-21)31-15-17-10-20-7-8-30-25(20)22(11-17)18-4-2-3-16(9-18)14-26/h2-11,13H,12,14-15,26H2,1H3,(H,27,28). The molecule has 0 bridgehead atoms. The van der Waals surface area contributed by atoms with Crippen LogP contribution >= 0.6 is 0 Å². The molecule has 0 aliphatic carbocycles. The maximum absolute atomic E-state index is 11.2. The molecule has 0 aliphatic rings. The van der Waals surface area contributed by atoms with Crippen molar-refractivity contribution in [3.05, 3.63) is 83.6 Å². The zero-order valence-corrected chi connectivity index (χ0v) is 17.1. The number of hydrogen-bond acceptors (Lipinski definition) is 5. The average Bonchev–Trinajstić information content (AvgIpc) is 3.26. The lowest BCUT2D eigenvalue weighted by Crippen LogP contribution is -2.05. The predicted octanol–water partition coefficient (Wildman–Crippen LogP) is 4.77. The van der Waals surface area contributed by atoms with E-state index in [4.69, 9.17) is 19.6 Å². The topological polar surface area (TPSA) is 94.9 Å². The number of rotatable bonds is 8. The number of furan rings is 1. The minimum absolute atomic E-state index is 0.128. The molecule has 0 atom stereocenters. The number of ether oxygens (including phenoxy) is 2. The Labute approximate surface area is 179 Å². The summed E-state index contributed by atoms with van der Waals surface area (Å²) in [6, 6.07) is 19.1. The van der Waals surface area contributed by atoms with Crippen molar-refractivity contribution in [1.82, 2.24) is 0 Å². The highest BCUT2D eigenvalue weighted by atomic mass is 16.5. The van der Waals surface area contributed by atoms with Crippen LogP contribution in [-0.4, -0.2) is 18.2 Å². The number of nitrogens with two attached hydrogens (primary N) is 1. The molecule has 3 N–H and O–H groups in total. The second-order valence-electron chi connectivity index (χ2n) is 7.22. The highest BCUT2D eigenvalue weighted by molar-refractivity contribution is 5.93. The number of carboxylic acid groups (broad SMARTS) is 1. The van der Waals surface area contributed by atoms with Gasteiger partial charge in [-0.2, -0.15) is 0 Å². The zero-order chi connectivity index (χ0) is 21.8. The van der Waals surface area contributed by atoms with Gasteiger partial charge in [-0.1, -0.05) is 24.3 Å². The maximum Gasteiger partial charge on any atom is 0.307 e. The number of carboxylic acids is 1. The van der Waals surface area contributed by atoms with Gasteiger partial charge in [0.2, 0.25) is 0 Å². The zero-order valence-electron chi connectivity index (χ0n) is 17.1. The summed E-state index contributed by atoms with van der Waals surface area (Å²) in [5, 5.41) is 10.2. The van der Waals surface area contributed by atoms with Crippen molar-refractivity contribution in [2.75, 3.05) is 7.11 Å². The van der Waals surface area contributed by atoms with Crippen molar-refractivity contribution in [3.63, 3.8) is 0 Å². The fourth-order valence-corrected chi connectivity index (χ4v) is 3.57. The lowest BCUT2D eigenvalue weighted by molar-refractivity contribution is -0.136. The molecule has 0 unspecified atom stereocenters. The molecule has 1 heterocycles. The van der Waals surface area contributed by atoms with Crippen molar-refractivity contribution < 1.29 is 23.8 Å². The number of methoxy groups -OCH3 is 1. The van der Waals surface area contributed by atoms with Crippen LogP contribution in [0.5, 0.6) is 11.5 Å². The van der Waals surface area contributed by atoms with Crippen molar-refractivity contribution in [1.29, 1.82) is 0 Å². The van der Waals surface area contributed by atoms with Crippen LogP contribution in [-0.2, 0) is 24.4 Å². The van der Waals surface area contributed by atoms with Gasteiger partial charge in [-0.05, 0) is 47.0 Å². The van der Waals surface area contributed by atoms with E-state index in [2.05, 4.69) is 6.07 Å². The Balaban J connectivity index is 1.68. The van der Waals surface area contributed by atoms with Crippen LogP contribution in [0.4, 0.5) is 0 Å². The smallest absolute Gasteiger partial charge is 0.307 e. The van der Waals surface area contributed by atoms with E-state index in [0.717, 1.165) is 33.2 Å². The van der Waals surface area contributed by atoms with E-state index in [0.29, 0.717) is 23.6 Å². The minimum atomic E-state index is -0.920. The monoisotopic (exact) mass is 417 g/mol. The highest BCUT2D eigenvalue weighted by Crippen LogP contribution is 2.33. The molecule has 0 fully saturated rings. The van der Waals surface area contributed by atoms with Gasteiger partial charge in [-0.25, -0.2) is 0 Å². The second kappa shape index (κ2) is 8.93. The molecule has 3 aromatic carbocycles. The normalized spacial score (nSPS) is 10.9. The first-order valence-electron chi connectivity index (χ1n) is 9.88. The molecule has 0 saturated heterocycles. The lowest BCUT2D eigenvalue weighted by Gasteiger charge is -2.13. The molecule has 4 rings (SSSR count). The molecular formula is C25H23NO5. The number of carbonyl (C=O) groups is 1. The Kier molecular flexibility index (Phi) is 5.91. The fraction of sp³-hybridized carbons (Fsp3) is 0.160. The van der Waals surface area contributed by atoms with Crippen molar-refractivity contribution in [2.24, 2.45) is 5.73 Å². The molecule has 4 aromatic rings.